The number of fused-ring (bicyclic) bond motifs is 1. The maximum atomic E-state index is 15.3. The number of sulfone groups is 1. The minimum Gasteiger partial charge on any atom is -0.350 e. The molecule has 47 heavy (non-hydrogen) atoms. The molecule has 1 amide bonds. The molecule has 1 saturated heterocycles. The number of hydrogen-bond acceptors (Lipinski definition) is 8. The Labute approximate surface area is 272 Å². The smallest absolute Gasteiger partial charge is 0.350 e. The van der Waals surface area contributed by atoms with E-state index in [9.17, 15) is 31.2 Å². The van der Waals surface area contributed by atoms with E-state index in [1.54, 1.807) is 30.6 Å². The third kappa shape index (κ3) is 6.21. The number of halogens is 5. The second kappa shape index (κ2) is 12.3. The highest BCUT2D eigenvalue weighted by molar-refractivity contribution is 7.90. The molecule has 0 radical (unpaired) electrons. The van der Waals surface area contributed by atoms with Gasteiger partial charge in [0.2, 0.25) is 5.91 Å². The van der Waals surface area contributed by atoms with Crippen LogP contribution in [0.5, 0.6) is 0 Å². The van der Waals surface area contributed by atoms with E-state index in [0.717, 1.165) is 23.0 Å². The highest BCUT2D eigenvalue weighted by Gasteiger charge is 2.37. The minimum absolute atomic E-state index is 0.0425. The van der Waals surface area contributed by atoms with Crippen LogP contribution in [0, 0.1) is 5.82 Å². The molecule has 16 heteroatoms. The van der Waals surface area contributed by atoms with E-state index in [4.69, 9.17) is 11.6 Å². The lowest BCUT2D eigenvalue weighted by Gasteiger charge is -2.40. The Morgan fingerprint density at radius 1 is 1.17 bits per heavy atom. The average molecular weight is 693 g/mol. The Hall–Kier alpha value is -4.37. The summed E-state index contributed by atoms with van der Waals surface area (Å²) in [7, 11) is -4.10. The number of alkyl halides is 3. The monoisotopic (exact) mass is 692 g/mol. The molecule has 10 nitrogen and oxygen atoms in total. The number of amides is 1. The first kappa shape index (κ1) is 34.0. The van der Waals surface area contributed by atoms with Crippen LogP contribution >= 0.6 is 11.6 Å². The van der Waals surface area contributed by atoms with Crippen LogP contribution in [0.25, 0.3) is 28.0 Å². The summed E-state index contributed by atoms with van der Waals surface area (Å²) < 4.78 is 84.6. The number of carbonyl (C=O) groups excluding carboxylic acids is 1. The van der Waals surface area contributed by atoms with Crippen molar-refractivity contribution in [1.82, 2.24) is 24.4 Å². The van der Waals surface area contributed by atoms with Gasteiger partial charge in [-0.1, -0.05) is 38.1 Å². The van der Waals surface area contributed by atoms with Crippen molar-refractivity contribution in [3.8, 4) is 16.9 Å². The van der Waals surface area contributed by atoms with Gasteiger partial charge in [-0.25, -0.2) is 32.1 Å². The number of rotatable bonds is 6. The van der Waals surface area contributed by atoms with Crippen molar-refractivity contribution in [3.05, 3.63) is 81.6 Å². The van der Waals surface area contributed by atoms with E-state index in [1.807, 2.05) is 0 Å². The molecule has 0 saturated carbocycles. The lowest BCUT2D eigenvalue weighted by atomic mass is 10.0. The molecule has 0 bridgehead atoms. The van der Waals surface area contributed by atoms with Crippen molar-refractivity contribution >= 4 is 44.2 Å². The zero-order valence-corrected chi connectivity index (χ0v) is 27.2. The van der Waals surface area contributed by atoms with Gasteiger partial charge in [0, 0.05) is 43.7 Å². The van der Waals surface area contributed by atoms with E-state index >= 15 is 4.39 Å². The van der Waals surface area contributed by atoms with Crippen molar-refractivity contribution in [2.24, 2.45) is 0 Å². The molecule has 1 aliphatic rings. The van der Waals surface area contributed by atoms with Crippen LogP contribution < -0.4 is 10.6 Å². The number of nitrogens with zero attached hydrogens (tertiary/aromatic N) is 6. The van der Waals surface area contributed by atoms with Crippen molar-refractivity contribution in [3.63, 3.8) is 0 Å². The standard InChI is InChI=1S/C31H29ClF4N6O4S/c1-6-23(43)40-12-13-41(17(4)15-40)27-19-14-21(32)25(24-20(31(34,35)36)8-7-9-22(24)33)38-28(19)42(30(44)39-27)26-18(16(2)3)10-11-37-29(26)47(5,45)46/h6-11,14,16-17H,1,12-13,15H2,2-5H3/t17-/m0/s1. The number of piperazine rings is 1. The predicted molar refractivity (Wildman–Crippen MR) is 169 cm³/mol. The lowest BCUT2D eigenvalue weighted by Crippen LogP contribution is -2.54. The number of hydrogen-bond donors (Lipinski definition) is 0. The topological polar surface area (TPSA) is 118 Å². The zero-order chi connectivity index (χ0) is 34.6. The summed E-state index contributed by atoms with van der Waals surface area (Å²) in [6.45, 7) is 9.42. The molecule has 1 aromatic carbocycles. The summed E-state index contributed by atoms with van der Waals surface area (Å²) in [5.41, 5.74) is -4.12. The normalized spacial score (nSPS) is 15.8. The third-order valence-electron chi connectivity index (χ3n) is 7.86. The summed E-state index contributed by atoms with van der Waals surface area (Å²) in [5.74, 6) is -1.90. The van der Waals surface area contributed by atoms with Gasteiger partial charge in [0.05, 0.1) is 27.4 Å². The molecule has 1 atom stereocenters. The molecule has 1 aliphatic heterocycles. The van der Waals surface area contributed by atoms with Gasteiger partial charge in [-0.3, -0.25) is 4.79 Å². The molecule has 5 rings (SSSR count). The van der Waals surface area contributed by atoms with Crippen LogP contribution in [0.1, 0.15) is 37.8 Å². The number of carbonyl (C=O) groups is 1. The molecule has 0 spiro atoms. The molecular formula is C31H29ClF4N6O4S. The second-order valence-electron chi connectivity index (χ2n) is 11.4. The Morgan fingerprint density at radius 2 is 1.87 bits per heavy atom. The fraction of sp³-hybridized carbons (Fsp3) is 0.323. The van der Waals surface area contributed by atoms with Gasteiger partial charge >= 0.3 is 11.9 Å². The fourth-order valence-corrected chi connectivity index (χ4v) is 6.77. The second-order valence-corrected chi connectivity index (χ2v) is 13.8. The van der Waals surface area contributed by atoms with Gasteiger partial charge in [-0.2, -0.15) is 18.2 Å². The summed E-state index contributed by atoms with van der Waals surface area (Å²) in [6.07, 6.45) is -1.66. The van der Waals surface area contributed by atoms with Crippen LogP contribution in [-0.4, -0.2) is 70.7 Å². The molecule has 0 N–H and O–H groups in total. The lowest BCUT2D eigenvalue weighted by molar-refractivity contribution is -0.137. The Balaban J connectivity index is 1.93. The number of pyridine rings is 2. The molecule has 4 heterocycles. The number of benzene rings is 1. The van der Waals surface area contributed by atoms with Crippen LogP contribution in [0.2, 0.25) is 5.02 Å². The van der Waals surface area contributed by atoms with Crippen LogP contribution in [0.4, 0.5) is 23.4 Å². The van der Waals surface area contributed by atoms with Gasteiger partial charge in [0.15, 0.2) is 20.5 Å². The van der Waals surface area contributed by atoms with Gasteiger partial charge in [-0.05, 0) is 48.7 Å². The SMILES string of the molecule is C=CC(=O)N1CCN(c2nc(=O)n(-c3c(C(C)C)ccnc3S(C)(=O)=O)c3nc(-c4c(F)cccc4C(F)(F)F)c(Cl)cc23)[C@@H](C)C1. The summed E-state index contributed by atoms with van der Waals surface area (Å²) >= 11 is 6.58. The molecule has 0 unspecified atom stereocenters. The van der Waals surface area contributed by atoms with E-state index in [1.165, 1.54) is 24.4 Å². The number of anilines is 1. The first-order valence-electron chi connectivity index (χ1n) is 14.3. The maximum Gasteiger partial charge on any atom is 0.417 e. The largest absolute Gasteiger partial charge is 0.417 e. The highest BCUT2D eigenvalue weighted by Crippen LogP contribution is 2.42. The molecule has 3 aromatic heterocycles. The molecule has 4 aromatic rings. The van der Waals surface area contributed by atoms with Crippen molar-refractivity contribution < 1.29 is 30.8 Å². The van der Waals surface area contributed by atoms with Crippen LogP contribution in [0.15, 0.2) is 59.0 Å². The fourth-order valence-electron chi connectivity index (χ4n) is 5.71. The summed E-state index contributed by atoms with van der Waals surface area (Å²) in [4.78, 5) is 42.4. The van der Waals surface area contributed by atoms with Crippen LogP contribution in [0.3, 0.4) is 0 Å². The predicted octanol–water partition coefficient (Wildman–Crippen LogP) is 5.40. The summed E-state index contributed by atoms with van der Waals surface area (Å²) in [6, 6.07) is 4.71. The Morgan fingerprint density at radius 3 is 2.47 bits per heavy atom. The van der Waals surface area contributed by atoms with Crippen molar-refractivity contribution in [2.75, 3.05) is 30.8 Å². The first-order valence-corrected chi connectivity index (χ1v) is 16.6. The molecule has 0 aliphatic carbocycles. The zero-order valence-electron chi connectivity index (χ0n) is 25.6. The van der Waals surface area contributed by atoms with E-state index in [0.29, 0.717) is 11.6 Å². The highest BCUT2D eigenvalue weighted by atomic mass is 35.5. The van der Waals surface area contributed by atoms with Gasteiger partial charge in [0.1, 0.15) is 11.6 Å². The average Bonchev–Trinajstić information content (AvgIpc) is 2.99. The van der Waals surface area contributed by atoms with Crippen LogP contribution in [-0.2, 0) is 20.8 Å². The Kier molecular flexibility index (Phi) is 8.92. The minimum atomic E-state index is -5.00. The van der Waals surface area contributed by atoms with E-state index < -0.39 is 55.4 Å². The van der Waals surface area contributed by atoms with Gasteiger partial charge in [-0.15, -0.1) is 0 Å². The van der Waals surface area contributed by atoms with Gasteiger partial charge in [0.25, 0.3) is 0 Å². The third-order valence-corrected chi connectivity index (χ3v) is 9.15. The molecular weight excluding hydrogens is 664 g/mol. The van der Waals surface area contributed by atoms with E-state index in [-0.39, 0.29) is 59.0 Å². The van der Waals surface area contributed by atoms with E-state index in [2.05, 4.69) is 21.5 Å². The maximum absolute atomic E-state index is 15.3. The first-order chi connectivity index (χ1) is 21.9. The van der Waals surface area contributed by atoms with Crippen molar-refractivity contribution in [1.29, 1.82) is 0 Å². The molecule has 248 valence electrons. The number of aromatic nitrogens is 4. The Bertz CT molecular complexity index is 2100. The van der Waals surface area contributed by atoms with Gasteiger partial charge < -0.3 is 9.80 Å². The summed E-state index contributed by atoms with van der Waals surface area (Å²) in [5, 5.41) is -0.809. The molecule has 1 fully saturated rings. The quantitative estimate of drug-likeness (QED) is 0.195. The van der Waals surface area contributed by atoms with Crippen molar-refractivity contribution in [2.45, 2.75) is 43.9 Å².